The molecule has 0 bridgehead atoms. The minimum atomic E-state index is 0.378. The number of nitrogens with two attached hydrogens (primary N) is 1. The number of rotatable bonds is 2. The lowest BCUT2D eigenvalue weighted by Crippen LogP contribution is -2.23. The molecule has 1 aliphatic rings. The van der Waals surface area contributed by atoms with Crippen LogP contribution in [-0.4, -0.2) is 12.3 Å². The maximum Gasteiger partial charge on any atom is 0.0108 e. The van der Waals surface area contributed by atoms with Gasteiger partial charge >= 0.3 is 0 Å². The molecule has 2 unspecified atom stereocenters. The van der Waals surface area contributed by atoms with E-state index in [4.69, 9.17) is 5.73 Å². The van der Waals surface area contributed by atoms with Crippen molar-refractivity contribution in [1.29, 1.82) is 0 Å². The van der Waals surface area contributed by atoms with Gasteiger partial charge in [0.2, 0.25) is 0 Å². The highest BCUT2D eigenvalue weighted by Crippen LogP contribution is 2.37. The van der Waals surface area contributed by atoms with Gasteiger partial charge in [0.25, 0.3) is 0 Å². The molecular weight excluding hydrogens is 190 g/mol. The lowest BCUT2D eigenvalue weighted by Gasteiger charge is -2.18. The van der Waals surface area contributed by atoms with E-state index in [9.17, 15) is 0 Å². The van der Waals surface area contributed by atoms with Gasteiger partial charge in [-0.25, -0.2) is 0 Å². The zero-order valence-electron chi connectivity index (χ0n) is 8.57. The zero-order valence-corrected chi connectivity index (χ0v) is 9.39. The molecule has 1 aromatic rings. The molecule has 14 heavy (non-hydrogen) atoms. The maximum atomic E-state index is 6.13. The molecule has 1 saturated carbocycles. The molecule has 2 rings (SSSR count). The Labute approximate surface area is 90.1 Å². The van der Waals surface area contributed by atoms with Crippen LogP contribution in [0.15, 0.2) is 29.2 Å². The van der Waals surface area contributed by atoms with E-state index in [1.165, 1.54) is 29.7 Å². The third-order valence-corrected chi connectivity index (χ3v) is 3.92. The Morgan fingerprint density at radius 3 is 2.71 bits per heavy atom. The predicted molar refractivity (Wildman–Crippen MR) is 62.8 cm³/mol. The fourth-order valence-electron chi connectivity index (χ4n) is 2.35. The van der Waals surface area contributed by atoms with Crippen LogP contribution >= 0.6 is 11.8 Å². The van der Waals surface area contributed by atoms with Gasteiger partial charge in [-0.2, -0.15) is 0 Å². The fourth-order valence-corrected chi connectivity index (χ4v) is 3.02. The van der Waals surface area contributed by atoms with E-state index in [-0.39, 0.29) is 0 Å². The summed E-state index contributed by atoms with van der Waals surface area (Å²) in [4.78, 5) is 1.40. The zero-order chi connectivity index (χ0) is 9.97. The van der Waals surface area contributed by atoms with E-state index in [1.807, 2.05) is 11.8 Å². The normalized spacial score (nSPS) is 26.7. The van der Waals surface area contributed by atoms with E-state index in [1.54, 1.807) is 0 Å². The van der Waals surface area contributed by atoms with E-state index >= 15 is 0 Å². The molecule has 76 valence electrons. The monoisotopic (exact) mass is 207 g/mol. The Morgan fingerprint density at radius 2 is 2.07 bits per heavy atom. The van der Waals surface area contributed by atoms with E-state index in [0.717, 1.165) is 0 Å². The summed E-state index contributed by atoms with van der Waals surface area (Å²) >= 11 is 1.83. The van der Waals surface area contributed by atoms with Gasteiger partial charge in [-0.05, 0) is 30.7 Å². The van der Waals surface area contributed by atoms with Crippen LogP contribution in [0.2, 0.25) is 0 Å². The standard InChI is InChI=1S/C12H17NS/c1-14-12-8-3-2-5-10(12)9-6-4-7-11(9)13/h2-3,5,8-9,11H,4,6-7,13H2,1H3. The number of hydrogen-bond acceptors (Lipinski definition) is 2. The van der Waals surface area contributed by atoms with Gasteiger partial charge in [-0.15, -0.1) is 11.8 Å². The van der Waals surface area contributed by atoms with E-state index < -0.39 is 0 Å². The molecule has 2 N–H and O–H groups in total. The molecule has 0 radical (unpaired) electrons. The Morgan fingerprint density at radius 1 is 1.29 bits per heavy atom. The average Bonchev–Trinajstić information content (AvgIpc) is 2.64. The first-order valence-electron chi connectivity index (χ1n) is 5.21. The first-order chi connectivity index (χ1) is 6.83. The maximum absolute atomic E-state index is 6.13. The third-order valence-electron chi connectivity index (χ3n) is 3.11. The average molecular weight is 207 g/mol. The fraction of sp³-hybridized carbons (Fsp3) is 0.500. The van der Waals surface area contributed by atoms with Crippen LogP contribution in [0, 0.1) is 0 Å². The molecule has 0 aromatic heterocycles. The van der Waals surface area contributed by atoms with Gasteiger partial charge < -0.3 is 5.73 Å². The van der Waals surface area contributed by atoms with Crippen LogP contribution in [-0.2, 0) is 0 Å². The summed E-state index contributed by atoms with van der Waals surface area (Å²) in [5, 5.41) is 0. The summed E-state index contributed by atoms with van der Waals surface area (Å²) < 4.78 is 0. The van der Waals surface area contributed by atoms with Crippen LogP contribution in [0.4, 0.5) is 0 Å². The summed E-state index contributed by atoms with van der Waals surface area (Å²) in [7, 11) is 0. The minimum absolute atomic E-state index is 0.378. The van der Waals surface area contributed by atoms with Crippen molar-refractivity contribution in [2.75, 3.05) is 6.26 Å². The molecule has 0 saturated heterocycles. The third kappa shape index (κ3) is 1.82. The molecule has 1 aromatic carbocycles. The first-order valence-corrected chi connectivity index (χ1v) is 6.44. The van der Waals surface area contributed by atoms with Gasteiger partial charge in [0.1, 0.15) is 0 Å². The molecule has 1 aliphatic carbocycles. The number of thioether (sulfide) groups is 1. The number of benzene rings is 1. The molecule has 0 aliphatic heterocycles. The Kier molecular flexibility index (Phi) is 3.14. The van der Waals surface area contributed by atoms with Gasteiger partial charge in [-0.1, -0.05) is 24.6 Å². The van der Waals surface area contributed by atoms with Crippen molar-refractivity contribution >= 4 is 11.8 Å². The Bertz CT molecular complexity index is 311. The Balaban J connectivity index is 2.30. The van der Waals surface area contributed by atoms with E-state index in [2.05, 4.69) is 30.5 Å². The highest BCUT2D eigenvalue weighted by Gasteiger charge is 2.26. The highest BCUT2D eigenvalue weighted by atomic mass is 32.2. The van der Waals surface area contributed by atoms with Crippen LogP contribution in [0.1, 0.15) is 30.7 Å². The summed E-state index contributed by atoms with van der Waals surface area (Å²) in [6, 6.07) is 9.05. The second-order valence-electron chi connectivity index (χ2n) is 3.94. The summed E-state index contributed by atoms with van der Waals surface area (Å²) in [6.07, 6.45) is 5.87. The molecule has 1 nitrogen and oxygen atoms in total. The minimum Gasteiger partial charge on any atom is -0.327 e. The summed E-state index contributed by atoms with van der Waals surface area (Å²) in [5.41, 5.74) is 7.59. The topological polar surface area (TPSA) is 26.0 Å². The van der Waals surface area contributed by atoms with Crippen LogP contribution in [0.5, 0.6) is 0 Å². The van der Waals surface area contributed by atoms with Crippen LogP contribution in [0.25, 0.3) is 0 Å². The molecular formula is C12H17NS. The van der Waals surface area contributed by atoms with Crippen LogP contribution in [0.3, 0.4) is 0 Å². The van der Waals surface area contributed by atoms with Crippen molar-refractivity contribution in [3.05, 3.63) is 29.8 Å². The van der Waals surface area contributed by atoms with Crippen molar-refractivity contribution in [3.8, 4) is 0 Å². The van der Waals surface area contributed by atoms with Gasteiger partial charge in [0.15, 0.2) is 0 Å². The van der Waals surface area contributed by atoms with Crippen LogP contribution < -0.4 is 5.73 Å². The highest BCUT2D eigenvalue weighted by molar-refractivity contribution is 7.98. The first kappa shape index (κ1) is 10.1. The lowest BCUT2D eigenvalue weighted by atomic mass is 9.95. The Hall–Kier alpha value is -0.470. The second-order valence-corrected chi connectivity index (χ2v) is 4.79. The van der Waals surface area contributed by atoms with E-state index in [0.29, 0.717) is 12.0 Å². The molecule has 0 spiro atoms. The molecule has 0 amide bonds. The molecule has 1 fully saturated rings. The predicted octanol–water partition coefficient (Wildman–Crippen LogP) is 3.00. The quantitative estimate of drug-likeness (QED) is 0.754. The smallest absolute Gasteiger partial charge is 0.0108 e. The van der Waals surface area contributed by atoms with Gasteiger partial charge in [-0.3, -0.25) is 0 Å². The molecule has 0 heterocycles. The SMILES string of the molecule is CSc1ccccc1C1CCCC1N. The summed E-state index contributed by atoms with van der Waals surface area (Å²) in [6.45, 7) is 0. The van der Waals surface area contributed by atoms with Crippen molar-refractivity contribution in [2.24, 2.45) is 5.73 Å². The van der Waals surface area contributed by atoms with Crippen molar-refractivity contribution in [1.82, 2.24) is 0 Å². The number of hydrogen-bond donors (Lipinski definition) is 1. The summed E-state index contributed by atoms with van der Waals surface area (Å²) in [5.74, 6) is 0.596. The van der Waals surface area contributed by atoms with Crippen molar-refractivity contribution in [2.45, 2.75) is 36.1 Å². The van der Waals surface area contributed by atoms with Crippen molar-refractivity contribution in [3.63, 3.8) is 0 Å². The van der Waals surface area contributed by atoms with Gasteiger partial charge in [0.05, 0.1) is 0 Å². The molecule has 2 heteroatoms. The van der Waals surface area contributed by atoms with Gasteiger partial charge in [0, 0.05) is 16.9 Å². The molecule has 2 atom stereocenters. The largest absolute Gasteiger partial charge is 0.327 e. The second kappa shape index (κ2) is 4.37. The lowest BCUT2D eigenvalue weighted by molar-refractivity contribution is 0.605. The van der Waals surface area contributed by atoms with Crippen molar-refractivity contribution < 1.29 is 0 Å².